The standard InChI is InChI=1S/C21H19ClN2O7/c22-15-5-1-13(2-6-15)18-17(19(26)14-3-7-16(8-4-14)24(29)30)20(27)21(28)23(18)9-11-31-12-10-25/h1-8,18,25-26H,9-12H2/t18-/m0/s1. The third-order valence-corrected chi connectivity index (χ3v) is 5.04. The van der Waals surface area contributed by atoms with Gasteiger partial charge in [-0.15, -0.1) is 0 Å². The number of nitro groups is 1. The van der Waals surface area contributed by atoms with Crippen LogP contribution in [0.4, 0.5) is 5.69 Å². The van der Waals surface area contributed by atoms with Crippen molar-refractivity contribution in [2.24, 2.45) is 0 Å². The van der Waals surface area contributed by atoms with Gasteiger partial charge in [-0.25, -0.2) is 0 Å². The van der Waals surface area contributed by atoms with Gasteiger partial charge in [0, 0.05) is 29.3 Å². The Kier molecular flexibility index (Phi) is 7.01. The highest BCUT2D eigenvalue weighted by molar-refractivity contribution is 6.46. The molecule has 0 aliphatic carbocycles. The van der Waals surface area contributed by atoms with Gasteiger partial charge >= 0.3 is 0 Å². The van der Waals surface area contributed by atoms with Crippen LogP contribution in [0.15, 0.2) is 54.1 Å². The number of amides is 1. The van der Waals surface area contributed by atoms with E-state index in [2.05, 4.69) is 0 Å². The molecule has 0 bridgehead atoms. The minimum atomic E-state index is -0.898. The molecule has 0 radical (unpaired) electrons. The highest BCUT2D eigenvalue weighted by Crippen LogP contribution is 2.39. The molecule has 2 N–H and O–H groups in total. The zero-order valence-corrected chi connectivity index (χ0v) is 17.0. The molecule has 3 rings (SSSR count). The number of carbonyl (C=O) groups excluding carboxylic acids is 2. The molecular formula is C21H19ClN2O7. The van der Waals surface area contributed by atoms with Crippen molar-refractivity contribution >= 4 is 34.7 Å². The Balaban J connectivity index is 2.05. The van der Waals surface area contributed by atoms with Crippen LogP contribution in [0, 0.1) is 10.1 Å². The van der Waals surface area contributed by atoms with Crippen molar-refractivity contribution in [1.82, 2.24) is 4.90 Å². The lowest BCUT2D eigenvalue weighted by Crippen LogP contribution is -2.33. The normalized spacial score (nSPS) is 17.9. The van der Waals surface area contributed by atoms with Crippen molar-refractivity contribution < 1.29 is 29.5 Å². The summed E-state index contributed by atoms with van der Waals surface area (Å²) in [6, 6.07) is 10.6. The SMILES string of the molecule is O=C1C(=O)N(CCOCCO)[C@@H](c2ccc(Cl)cc2)C1=C(O)c1ccc([N+](=O)[O-])cc1. The third kappa shape index (κ3) is 4.74. The third-order valence-electron chi connectivity index (χ3n) is 4.79. The summed E-state index contributed by atoms with van der Waals surface area (Å²) in [7, 11) is 0. The first-order valence-electron chi connectivity index (χ1n) is 9.32. The van der Waals surface area contributed by atoms with E-state index in [1.54, 1.807) is 24.3 Å². The van der Waals surface area contributed by atoms with Crippen LogP contribution in [0.5, 0.6) is 0 Å². The number of hydrogen-bond acceptors (Lipinski definition) is 7. The second-order valence-electron chi connectivity index (χ2n) is 6.68. The van der Waals surface area contributed by atoms with Gasteiger partial charge in [-0.05, 0) is 29.8 Å². The Morgan fingerprint density at radius 1 is 1.10 bits per heavy atom. The van der Waals surface area contributed by atoms with E-state index < -0.39 is 28.4 Å². The smallest absolute Gasteiger partial charge is 0.295 e. The average Bonchev–Trinajstić information content (AvgIpc) is 3.01. The predicted molar refractivity (Wildman–Crippen MR) is 111 cm³/mol. The lowest BCUT2D eigenvalue weighted by Gasteiger charge is -2.25. The van der Waals surface area contributed by atoms with E-state index in [-0.39, 0.29) is 43.2 Å². The Morgan fingerprint density at radius 3 is 2.32 bits per heavy atom. The maximum absolute atomic E-state index is 12.8. The molecule has 1 atom stereocenters. The van der Waals surface area contributed by atoms with Gasteiger partial charge in [0.15, 0.2) is 0 Å². The number of non-ortho nitro benzene ring substituents is 1. The molecule has 2 aromatic carbocycles. The average molecular weight is 447 g/mol. The number of benzene rings is 2. The molecule has 1 amide bonds. The van der Waals surface area contributed by atoms with E-state index in [9.17, 15) is 24.8 Å². The van der Waals surface area contributed by atoms with E-state index in [4.69, 9.17) is 21.4 Å². The number of Topliss-reactive ketones (excluding diaryl/α,β-unsaturated/α-hetero) is 1. The minimum Gasteiger partial charge on any atom is -0.507 e. The van der Waals surface area contributed by atoms with Crippen LogP contribution in [-0.2, 0) is 14.3 Å². The number of likely N-dealkylation sites (tertiary alicyclic amines) is 1. The Morgan fingerprint density at radius 2 is 1.74 bits per heavy atom. The fourth-order valence-corrected chi connectivity index (χ4v) is 3.45. The largest absolute Gasteiger partial charge is 0.507 e. The van der Waals surface area contributed by atoms with Crippen LogP contribution in [0.2, 0.25) is 5.02 Å². The number of hydrogen-bond donors (Lipinski definition) is 2. The van der Waals surface area contributed by atoms with Crippen molar-refractivity contribution in [3.8, 4) is 0 Å². The quantitative estimate of drug-likeness (QED) is 0.159. The molecule has 0 spiro atoms. The molecule has 31 heavy (non-hydrogen) atoms. The molecule has 1 fully saturated rings. The number of carbonyl (C=O) groups is 2. The molecule has 2 aromatic rings. The maximum atomic E-state index is 12.8. The molecule has 1 aliphatic heterocycles. The van der Waals surface area contributed by atoms with Gasteiger partial charge in [0.1, 0.15) is 5.76 Å². The second kappa shape index (κ2) is 9.69. The van der Waals surface area contributed by atoms with E-state index in [1.165, 1.54) is 29.2 Å². The molecule has 10 heteroatoms. The van der Waals surface area contributed by atoms with E-state index >= 15 is 0 Å². The summed E-state index contributed by atoms with van der Waals surface area (Å²) in [4.78, 5) is 37.1. The lowest BCUT2D eigenvalue weighted by atomic mass is 9.95. The molecule has 1 saturated heterocycles. The molecular weight excluding hydrogens is 428 g/mol. The second-order valence-corrected chi connectivity index (χ2v) is 7.12. The maximum Gasteiger partial charge on any atom is 0.295 e. The summed E-state index contributed by atoms with van der Waals surface area (Å²) in [5.74, 6) is -2.12. The fourth-order valence-electron chi connectivity index (χ4n) is 3.33. The Bertz CT molecular complexity index is 1020. The number of nitrogens with zero attached hydrogens (tertiary/aromatic N) is 2. The zero-order valence-electron chi connectivity index (χ0n) is 16.2. The number of ether oxygens (including phenoxy) is 1. The molecule has 1 aliphatic rings. The summed E-state index contributed by atoms with van der Waals surface area (Å²) >= 11 is 5.96. The van der Waals surface area contributed by atoms with Crippen LogP contribution in [0.3, 0.4) is 0 Å². The minimum absolute atomic E-state index is 0.0505. The molecule has 1 heterocycles. The number of nitro benzene ring substituents is 1. The van der Waals surface area contributed by atoms with Gasteiger partial charge in [-0.3, -0.25) is 19.7 Å². The summed E-state index contributed by atoms with van der Waals surface area (Å²) in [6.45, 7) is 0.0298. The zero-order chi connectivity index (χ0) is 22.5. The van der Waals surface area contributed by atoms with Crippen LogP contribution in [-0.4, -0.2) is 58.1 Å². The first-order valence-corrected chi connectivity index (χ1v) is 9.70. The molecule has 0 unspecified atom stereocenters. The molecule has 0 saturated carbocycles. The number of halogens is 1. The van der Waals surface area contributed by atoms with E-state index in [1.807, 2.05) is 0 Å². The Hall–Kier alpha value is -3.27. The summed E-state index contributed by atoms with van der Waals surface area (Å²) in [5.41, 5.74) is 0.406. The number of ketones is 1. The van der Waals surface area contributed by atoms with E-state index in [0.717, 1.165) is 0 Å². The molecule has 162 valence electrons. The first-order chi connectivity index (χ1) is 14.8. The van der Waals surface area contributed by atoms with Gasteiger partial charge in [-0.2, -0.15) is 0 Å². The topological polar surface area (TPSA) is 130 Å². The van der Waals surface area contributed by atoms with Crippen LogP contribution in [0.25, 0.3) is 5.76 Å². The van der Waals surface area contributed by atoms with Gasteiger partial charge in [0.2, 0.25) is 0 Å². The monoisotopic (exact) mass is 446 g/mol. The van der Waals surface area contributed by atoms with Crippen molar-refractivity contribution in [2.45, 2.75) is 6.04 Å². The van der Waals surface area contributed by atoms with Gasteiger partial charge in [0.05, 0.1) is 36.4 Å². The Labute approximate surface area is 182 Å². The van der Waals surface area contributed by atoms with E-state index in [0.29, 0.717) is 10.6 Å². The summed E-state index contributed by atoms with van der Waals surface area (Å²) in [5, 5.41) is 31.1. The number of aliphatic hydroxyl groups is 2. The van der Waals surface area contributed by atoms with Crippen LogP contribution < -0.4 is 0 Å². The summed E-state index contributed by atoms with van der Waals surface area (Å²) < 4.78 is 5.23. The van der Waals surface area contributed by atoms with Crippen molar-refractivity contribution in [1.29, 1.82) is 0 Å². The highest BCUT2D eigenvalue weighted by Gasteiger charge is 2.45. The lowest BCUT2D eigenvalue weighted by molar-refractivity contribution is -0.384. The molecule has 9 nitrogen and oxygen atoms in total. The van der Waals surface area contributed by atoms with Gasteiger partial charge in [-0.1, -0.05) is 23.7 Å². The summed E-state index contributed by atoms with van der Waals surface area (Å²) in [6.07, 6.45) is 0. The predicted octanol–water partition coefficient (Wildman–Crippen LogP) is 2.68. The molecule has 0 aromatic heterocycles. The van der Waals surface area contributed by atoms with Crippen molar-refractivity contribution in [3.63, 3.8) is 0 Å². The first kappa shape index (κ1) is 22.4. The van der Waals surface area contributed by atoms with Crippen molar-refractivity contribution in [3.05, 3.63) is 80.4 Å². The van der Waals surface area contributed by atoms with Crippen molar-refractivity contribution in [2.75, 3.05) is 26.4 Å². The fraction of sp³-hybridized carbons (Fsp3) is 0.238. The van der Waals surface area contributed by atoms with Crippen LogP contribution >= 0.6 is 11.6 Å². The van der Waals surface area contributed by atoms with Gasteiger partial charge < -0.3 is 19.8 Å². The number of aliphatic hydroxyl groups excluding tert-OH is 2. The van der Waals surface area contributed by atoms with Crippen LogP contribution in [0.1, 0.15) is 17.2 Å². The van der Waals surface area contributed by atoms with Gasteiger partial charge in [0.25, 0.3) is 17.4 Å². The number of rotatable bonds is 8. The highest BCUT2D eigenvalue weighted by atomic mass is 35.5.